The van der Waals surface area contributed by atoms with E-state index in [2.05, 4.69) is 22.4 Å². The molecule has 0 fully saturated rings. The molecule has 4 nitrogen and oxygen atoms in total. The van der Waals surface area contributed by atoms with Crippen molar-refractivity contribution in [3.05, 3.63) is 115 Å². The molecule has 30 heavy (non-hydrogen) atoms. The Morgan fingerprint density at radius 3 is 2.23 bits per heavy atom. The molecule has 4 heteroatoms. The molecule has 0 aliphatic carbocycles. The summed E-state index contributed by atoms with van der Waals surface area (Å²) in [7, 11) is 0. The Labute approximate surface area is 174 Å². The molecule has 0 aliphatic rings. The lowest BCUT2D eigenvalue weighted by atomic mass is 10.0. The first-order chi connectivity index (χ1) is 14.8. The van der Waals surface area contributed by atoms with Crippen molar-refractivity contribution in [3.8, 4) is 22.4 Å². The van der Waals surface area contributed by atoms with Crippen LogP contribution in [0.2, 0.25) is 0 Å². The maximum Gasteiger partial charge on any atom is 0.255 e. The fraction of sp³-hybridized carbons (Fsp3) is 0. The first-order valence-electron chi connectivity index (χ1n) is 9.78. The molecular formula is C26H19N3O. The van der Waals surface area contributed by atoms with Gasteiger partial charge in [-0.2, -0.15) is 0 Å². The topological polar surface area (TPSA) is 46.4 Å². The quantitative estimate of drug-likeness (QED) is 0.415. The summed E-state index contributed by atoms with van der Waals surface area (Å²) in [6, 6.07) is 31.4. The number of carbonyl (C=O) groups is 1. The second-order valence-electron chi connectivity index (χ2n) is 7.04. The molecule has 144 valence electrons. The predicted octanol–water partition coefficient (Wildman–Crippen LogP) is 5.92. The highest BCUT2D eigenvalue weighted by atomic mass is 16.1. The van der Waals surface area contributed by atoms with Gasteiger partial charge in [-0.25, -0.2) is 4.98 Å². The minimum absolute atomic E-state index is 0.147. The molecule has 5 aromatic rings. The summed E-state index contributed by atoms with van der Waals surface area (Å²) < 4.78 is 1.97. The number of nitrogens with one attached hydrogen (secondary N) is 1. The molecule has 0 unspecified atom stereocenters. The summed E-state index contributed by atoms with van der Waals surface area (Å²) in [6.45, 7) is 0. The highest BCUT2D eigenvalue weighted by Gasteiger charge is 2.12. The molecule has 0 saturated carbocycles. The molecule has 3 aromatic carbocycles. The monoisotopic (exact) mass is 389 g/mol. The van der Waals surface area contributed by atoms with Gasteiger partial charge in [0.2, 0.25) is 0 Å². The van der Waals surface area contributed by atoms with Crippen molar-refractivity contribution in [3.63, 3.8) is 0 Å². The number of pyridine rings is 1. The lowest BCUT2D eigenvalue weighted by molar-refractivity contribution is 0.102. The van der Waals surface area contributed by atoms with E-state index in [0.29, 0.717) is 5.56 Å². The van der Waals surface area contributed by atoms with E-state index >= 15 is 0 Å². The normalized spacial score (nSPS) is 10.8. The number of imidazole rings is 1. The lowest BCUT2D eigenvalue weighted by Gasteiger charge is -2.10. The molecule has 0 radical (unpaired) electrons. The van der Waals surface area contributed by atoms with Gasteiger partial charge in [0, 0.05) is 23.5 Å². The molecule has 0 atom stereocenters. The van der Waals surface area contributed by atoms with Crippen LogP contribution in [-0.2, 0) is 0 Å². The Kier molecular flexibility index (Phi) is 4.58. The van der Waals surface area contributed by atoms with Crippen LogP contribution in [0.3, 0.4) is 0 Å². The average Bonchev–Trinajstić information content (AvgIpc) is 3.24. The number of hydrogen-bond donors (Lipinski definition) is 1. The fourth-order valence-electron chi connectivity index (χ4n) is 3.52. The molecule has 2 aromatic heterocycles. The summed E-state index contributed by atoms with van der Waals surface area (Å²) in [5, 5.41) is 3.04. The summed E-state index contributed by atoms with van der Waals surface area (Å²) in [4.78, 5) is 17.6. The number of aromatic nitrogens is 2. The minimum Gasteiger partial charge on any atom is -0.321 e. The molecule has 5 rings (SSSR count). The van der Waals surface area contributed by atoms with Gasteiger partial charge < -0.3 is 9.72 Å². The Bertz CT molecular complexity index is 1290. The predicted molar refractivity (Wildman–Crippen MR) is 120 cm³/mol. The SMILES string of the molecule is O=C(Nc1ccccc1-c1cn2ccccc2n1)c1ccc(-c2ccccc2)cc1. The number of fused-ring (bicyclic) bond motifs is 1. The van der Waals surface area contributed by atoms with E-state index in [4.69, 9.17) is 0 Å². The Balaban J connectivity index is 1.41. The molecule has 0 bridgehead atoms. The number of hydrogen-bond acceptors (Lipinski definition) is 2. The number of rotatable bonds is 4. The van der Waals surface area contributed by atoms with Gasteiger partial charge in [-0.05, 0) is 41.5 Å². The standard InChI is InChI=1S/C26H19N3O/c30-26(21-15-13-20(14-16-21)19-8-2-1-3-9-19)28-23-11-5-4-10-22(23)24-18-29-17-7-6-12-25(29)27-24/h1-18H,(H,28,30). The smallest absolute Gasteiger partial charge is 0.255 e. The van der Waals surface area contributed by atoms with E-state index in [1.54, 1.807) is 0 Å². The van der Waals surface area contributed by atoms with Crippen molar-refractivity contribution in [1.29, 1.82) is 0 Å². The molecule has 1 amide bonds. The van der Waals surface area contributed by atoms with Gasteiger partial charge >= 0.3 is 0 Å². The first-order valence-corrected chi connectivity index (χ1v) is 9.78. The number of benzene rings is 3. The van der Waals surface area contributed by atoms with Crippen molar-refractivity contribution in [1.82, 2.24) is 9.38 Å². The van der Waals surface area contributed by atoms with Crippen LogP contribution in [0, 0.1) is 0 Å². The molecule has 2 heterocycles. The van der Waals surface area contributed by atoms with Crippen LogP contribution in [-0.4, -0.2) is 15.3 Å². The van der Waals surface area contributed by atoms with Crippen molar-refractivity contribution >= 4 is 17.2 Å². The third kappa shape index (κ3) is 3.47. The van der Waals surface area contributed by atoms with E-state index < -0.39 is 0 Å². The van der Waals surface area contributed by atoms with Gasteiger partial charge in [0.15, 0.2) is 0 Å². The molecule has 0 aliphatic heterocycles. The van der Waals surface area contributed by atoms with Gasteiger partial charge in [-0.15, -0.1) is 0 Å². The second-order valence-corrected chi connectivity index (χ2v) is 7.04. The Hall–Kier alpha value is -4.18. The fourth-order valence-corrected chi connectivity index (χ4v) is 3.52. The van der Waals surface area contributed by atoms with E-state index in [0.717, 1.165) is 33.7 Å². The third-order valence-electron chi connectivity index (χ3n) is 5.07. The highest BCUT2D eigenvalue weighted by molar-refractivity contribution is 6.06. The maximum atomic E-state index is 12.9. The first kappa shape index (κ1) is 17.9. The Morgan fingerprint density at radius 1 is 0.733 bits per heavy atom. The van der Waals surface area contributed by atoms with E-state index in [-0.39, 0.29) is 5.91 Å². The molecule has 1 N–H and O–H groups in total. The van der Waals surface area contributed by atoms with Crippen LogP contribution in [0.15, 0.2) is 109 Å². The van der Waals surface area contributed by atoms with Crippen molar-refractivity contribution < 1.29 is 4.79 Å². The van der Waals surface area contributed by atoms with Gasteiger partial charge in [-0.3, -0.25) is 4.79 Å². The average molecular weight is 389 g/mol. The van der Waals surface area contributed by atoms with Crippen LogP contribution in [0.4, 0.5) is 5.69 Å². The molecule has 0 spiro atoms. The number of amides is 1. The van der Waals surface area contributed by atoms with Gasteiger partial charge in [0.05, 0.1) is 11.4 Å². The van der Waals surface area contributed by atoms with E-state index in [1.807, 2.05) is 102 Å². The zero-order valence-corrected chi connectivity index (χ0v) is 16.2. The third-order valence-corrected chi connectivity index (χ3v) is 5.07. The maximum absolute atomic E-state index is 12.9. The van der Waals surface area contributed by atoms with E-state index in [9.17, 15) is 4.79 Å². The van der Waals surface area contributed by atoms with Crippen molar-refractivity contribution in [2.45, 2.75) is 0 Å². The zero-order valence-electron chi connectivity index (χ0n) is 16.2. The highest BCUT2D eigenvalue weighted by Crippen LogP contribution is 2.28. The van der Waals surface area contributed by atoms with Crippen LogP contribution >= 0.6 is 0 Å². The van der Waals surface area contributed by atoms with Crippen molar-refractivity contribution in [2.24, 2.45) is 0 Å². The van der Waals surface area contributed by atoms with Crippen LogP contribution in [0.25, 0.3) is 28.0 Å². The second kappa shape index (κ2) is 7.68. The van der Waals surface area contributed by atoms with Crippen LogP contribution in [0.5, 0.6) is 0 Å². The Morgan fingerprint density at radius 2 is 1.43 bits per heavy atom. The summed E-state index contributed by atoms with van der Waals surface area (Å²) in [6.07, 6.45) is 3.93. The van der Waals surface area contributed by atoms with Crippen molar-refractivity contribution in [2.75, 3.05) is 5.32 Å². The van der Waals surface area contributed by atoms with Gasteiger partial charge in [0.25, 0.3) is 5.91 Å². The number of anilines is 1. The van der Waals surface area contributed by atoms with Crippen LogP contribution in [0.1, 0.15) is 10.4 Å². The minimum atomic E-state index is -0.147. The summed E-state index contributed by atoms with van der Waals surface area (Å²) in [5.74, 6) is -0.147. The van der Waals surface area contributed by atoms with E-state index in [1.165, 1.54) is 0 Å². The zero-order chi connectivity index (χ0) is 20.3. The van der Waals surface area contributed by atoms with Gasteiger partial charge in [-0.1, -0.05) is 66.7 Å². The largest absolute Gasteiger partial charge is 0.321 e. The molecular weight excluding hydrogens is 370 g/mol. The number of nitrogens with zero attached hydrogens (tertiary/aromatic N) is 2. The number of carbonyl (C=O) groups excluding carboxylic acids is 1. The molecule has 0 saturated heterocycles. The lowest BCUT2D eigenvalue weighted by Crippen LogP contribution is -2.12. The summed E-state index contributed by atoms with van der Waals surface area (Å²) >= 11 is 0. The number of para-hydroxylation sites is 1. The summed E-state index contributed by atoms with van der Waals surface area (Å²) in [5.41, 5.74) is 6.12. The van der Waals surface area contributed by atoms with Gasteiger partial charge in [0.1, 0.15) is 5.65 Å². The van der Waals surface area contributed by atoms with Crippen LogP contribution < -0.4 is 5.32 Å².